The Morgan fingerprint density at radius 2 is 1.59 bits per heavy atom. The number of hydrogen-bond donors (Lipinski definition) is 3. The summed E-state index contributed by atoms with van der Waals surface area (Å²) in [4.78, 5) is 72.0. The van der Waals surface area contributed by atoms with Crippen LogP contribution in [0.4, 0.5) is 0 Å². The molecular formula is C54H85NO14. The summed E-state index contributed by atoms with van der Waals surface area (Å²) in [6.45, 7) is 14.8. The summed E-state index contributed by atoms with van der Waals surface area (Å²) in [5, 5.41) is 32.8. The molecule has 0 aromatic carbocycles. The fourth-order valence-corrected chi connectivity index (χ4v) is 10.4. The van der Waals surface area contributed by atoms with Crippen molar-refractivity contribution in [2.45, 2.75) is 200 Å². The first-order chi connectivity index (χ1) is 32.7. The highest BCUT2D eigenvalue weighted by atomic mass is 16.6. The highest BCUT2D eigenvalue weighted by Crippen LogP contribution is 2.37. The average Bonchev–Trinajstić information content (AvgIpc) is 3.32. The van der Waals surface area contributed by atoms with Crippen molar-refractivity contribution in [3.63, 3.8) is 0 Å². The quantitative estimate of drug-likeness (QED) is 0.118. The third-order valence-electron chi connectivity index (χ3n) is 14.6. The van der Waals surface area contributed by atoms with Crippen LogP contribution in [0.15, 0.2) is 47.6 Å². The Kier molecular flexibility index (Phi) is 23.6. The van der Waals surface area contributed by atoms with E-state index in [1.807, 2.05) is 65.0 Å². The van der Waals surface area contributed by atoms with Crippen LogP contribution in [0.25, 0.3) is 0 Å². The van der Waals surface area contributed by atoms with Gasteiger partial charge in [-0.1, -0.05) is 64.2 Å². The number of cyclic esters (lactones) is 1. The fraction of sp³-hybridized carbons (Fsp3) is 0.759. The van der Waals surface area contributed by atoms with Gasteiger partial charge in [0.25, 0.3) is 11.7 Å². The van der Waals surface area contributed by atoms with Gasteiger partial charge in [0.2, 0.25) is 5.79 Å². The van der Waals surface area contributed by atoms with Crippen LogP contribution in [0.5, 0.6) is 0 Å². The van der Waals surface area contributed by atoms with Gasteiger partial charge in [-0.05, 0) is 121 Å². The van der Waals surface area contributed by atoms with E-state index in [0.29, 0.717) is 69.8 Å². The molecule has 1 saturated carbocycles. The van der Waals surface area contributed by atoms with E-state index in [2.05, 4.69) is 0 Å². The molecule has 15 nitrogen and oxygen atoms in total. The van der Waals surface area contributed by atoms with Gasteiger partial charge < -0.3 is 48.6 Å². The van der Waals surface area contributed by atoms with Crippen molar-refractivity contribution >= 4 is 29.2 Å². The Hall–Kier alpha value is -3.41. The Morgan fingerprint density at radius 3 is 2.28 bits per heavy atom. The number of nitrogens with zero attached hydrogens (tertiary/aromatic N) is 1. The number of piperidine rings is 1. The van der Waals surface area contributed by atoms with Crippen LogP contribution in [-0.2, 0) is 52.4 Å². The number of aliphatic hydroxyl groups is 3. The van der Waals surface area contributed by atoms with Crippen molar-refractivity contribution in [3.05, 3.63) is 47.6 Å². The van der Waals surface area contributed by atoms with Crippen molar-refractivity contribution in [2.75, 3.05) is 34.0 Å². The molecule has 15 heteroatoms. The fourth-order valence-electron chi connectivity index (χ4n) is 10.4. The predicted octanol–water partition coefficient (Wildman–Crippen LogP) is 6.73. The van der Waals surface area contributed by atoms with Crippen molar-refractivity contribution < 1.29 is 67.7 Å². The molecule has 3 unspecified atom stereocenters. The van der Waals surface area contributed by atoms with Gasteiger partial charge in [-0.3, -0.25) is 19.2 Å². The number of aliphatic hydroxyl groups excluding tert-OH is 2. The molecular weight excluding hydrogens is 887 g/mol. The Labute approximate surface area is 411 Å². The number of carbonyl (C=O) groups excluding carboxylic acids is 5. The molecule has 3 aliphatic heterocycles. The second-order valence-corrected chi connectivity index (χ2v) is 20.6. The summed E-state index contributed by atoms with van der Waals surface area (Å²) in [7, 11) is 3.01. The van der Waals surface area contributed by atoms with E-state index in [1.165, 1.54) is 12.0 Å². The van der Waals surface area contributed by atoms with Gasteiger partial charge in [0.05, 0.1) is 43.7 Å². The molecule has 1 amide bonds. The average molecular weight is 972 g/mol. The van der Waals surface area contributed by atoms with Gasteiger partial charge >= 0.3 is 5.97 Å². The zero-order valence-electron chi connectivity index (χ0n) is 43.1. The number of hydrogen-bond acceptors (Lipinski definition) is 14. The Morgan fingerprint density at radius 1 is 0.855 bits per heavy atom. The molecule has 0 aromatic heterocycles. The van der Waals surface area contributed by atoms with Crippen molar-refractivity contribution in [2.24, 2.45) is 29.6 Å². The van der Waals surface area contributed by atoms with Crippen LogP contribution in [0.2, 0.25) is 0 Å². The van der Waals surface area contributed by atoms with Crippen molar-refractivity contribution in [3.8, 4) is 0 Å². The molecule has 3 N–H and O–H groups in total. The predicted molar refractivity (Wildman–Crippen MR) is 261 cm³/mol. The van der Waals surface area contributed by atoms with Gasteiger partial charge in [0.15, 0.2) is 5.78 Å². The number of ketones is 3. The summed E-state index contributed by atoms with van der Waals surface area (Å²) >= 11 is 0. The van der Waals surface area contributed by atoms with Gasteiger partial charge in [-0.15, -0.1) is 0 Å². The van der Waals surface area contributed by atoms with E-state index in [-0.39, 0.29) is 74.3 Å². The zero-order chi connectivity index (χ0) is 51.0. The molecule has 0 spiro atoms. The van der Waals surface area contributed by atoms with E-state index in [4.69, 9.17) is 28.4 Å². The SMILES string of the molecule is CO[C@@H]1CC(CCC2CC(=O)[C@H](C)/C=C(\C)[C@@H](O)[C@@H](OC)C(=O)[C@H](C)C[C@H](C)/C=C/C=C/C=C(\C)C(OC(C)C)C[C@@H]3CC[C@@H](C)[C@@](O)(O3)C(=O)C(=O)N3CCCC[C@H]3C(=O)O2)CC[C@H]1OCCO. The number of allylic oxidation sites excluding steroid dienone is 6. The monoisotopic (exact) mass is 972 g/mol. The molecule has 0 aromatic rings. The molecule has 1 aliphatic carbocycles. The highest BCUT2D eigenvalue weighted by molar-refractivity contribution is 6.39. The lowest BCUT2D eigenvalue weighted by Crippen LogP contribution is -2.60. The first-order valence-corrected chi connectivity index (χ1v) is 25.6. The normalized spacial score (nSPS) is 38.4. The molecule has 4 rings (SSSR count). The highest BCUT2D eigenvalue weighted by Gasteiger charge is 2.53. The van der Waals surface area contributed by atoms with E-state index in [9.17, 15) is 39.3 Å². The summed E-state index contributed by atoms with van der Waals surface area (Å²) in [5.74, 6) is -7.59. The molecule has 0 radical (unpaired) electrons. The maximum absolute atomic E-state index is 14.4. The van der Waals surface area contributed by atoms with Crippen molar-refractivity contribution in [1.82, 2.24) is 4.90 Å². The van der Waals surface area contributed by atoms with Crippen LogP contribution in [0.3, 0.4) is 0 Å². The lowest BCUT2D eigenvalue weighted by molar-refractivity contribution is -0.266. The summed E-state index contributed by atoms with van der Waals surface area (Å²) in [6, 6.07) is -1.14. The van der Waals surface area contributed by atoms with Crippen LogP contribution < -0.4 is 0 Å². The third kappa shape index (κ3) is 16.6. The maximum atomic E-state index is 14.4. The molecule has 3 fully saturated rings. The molecule has 390 valence electrons. The van der Waals surface area contributed by atoms with E-state index >= 15 is 0 Å². The summed E-state index contributed by atoms with van der Waals surface area (Å²) in [6.07, 6.45) is 12.3. The van der Waals surface area contributed by atoms with E-state index in [0.717, 1.165) is 12.0 Å². The van der Waals surface area contributed by atoms with Crippen LogP contribution in [-0.4, -0.2) is 144 Å². The first kappa shape index (κ1) is 58.2. The van der Waals surface area contributed by atoms with E-state index < -0.39 is 77.8 Å². The minimum absolute atomic E-state index is 0.0139. The lowest BCUT2D eigenvalue weighted by atomic mass is 9.81. The Balaban J connectivity index is 1.69. The van der Waals surface area contributed by atoms with E-state index in [1.54, 1.807) is 34.0 Å². The number of fused-ring (bicyclic) bond motifs is 3. The lowest BCUT2D eigenvalue weighted by Gasteiger charge is -2.43. The summed E-state index contributed by atoms with van der Waals surface area (Å²) < 4.78 is 36.0. The van der Waals surface area contributed by atoms with Crippen molar-refractivity contribution in [1.29, 1.82) is 0 Å². The molecule has 69 heavy (non-hydrogen) atoms. The molecule has 3 heterocycles. The first-order valence-electron chi connectivity index (χ1n) is 25.6. The minimum Gasteiger partial charge on any atom is -0.460 e. The number of carbonyl (C=O) groups is 5. The van der Waals surface area contributed by atoms with Crippen LogP contribution in [0.1, 0.15) is 139 Å². The topological polar surface area (TPSA) is 205 Å². The van der Waals surface area contributed by atoms with Gasteiger partial charge in [0.1, 0.15) is 30.1 Å². The van der Waals surface area contributed by atoms with Gasteiger partial charge in [0, 0.05) is 51.4 Å². The number of esters is 1. The zero-order valence-corrected chi connectivity index (χ0v) is 43.1. The molecule has 4 aliphatic rings. The number of methoxy groups -OCH3 is 2. The standard InChI is InChI=1S/C54H85NO14/c1-33(2)67-46-32-42-22-19-39(8)54(63,69-42)51(60)52(61)55-25-15-14-18-43(55)53(62)68-41(23-20-40-21-24-45(66-27-26-56)47(30-40)64-9)31-44(57)36(5)29-38(7)49(59)50(65-10)48(58)37(6)28-34(3)16-12-11-13-17-35(46)4/h11-13,16-17,29,33-34,36-37,39-43,45-47,49-50,56,59,63H,14-15,18-28,30-32H2,1-10H3/b13-11+,16-12+,35-17+,38-29+/t34-,36-,37-,39-,40?,41?,42+,43+,45-,46?,47-,49-,50+,54-/m1/s1. The second kappa shape index (κ2) is 28.0. The number of Topliss-reactive ketones (excluding diaryl/α,β-unsaturated/α-hetero) is 3. The number of rotatable bonds is 10. The second-order valence-electron chi connectivity index (χ2n) is 20.6. The largest absolute Gasteiger partial charge is 0.460 e. The number of amides is 1. The summed E-state index contributed by atoms with van der Waals surface area (Å²) in [5.41, 5.74) is 1.28. The van der Waals surface area contributed by atoms with Crippen LogP contribution in [0, 0.1) is 29.6 Å². The molecule has 14 atom stereocenters. The van der Waals surface area contributed by atoms with Gasteiger partial charge in [-0.25, -0.2) is 4.79 Å². The molecule has 2 saturated heterocycles. The molecule has 2 bridgehead atoms. The van der Waals surface area contributed by atoms with Crippen LogP contribution >= 0.6 is 0 Å². The maximum Gasteiger partial charge on any atom is 0.329 e. The smallest absolute Gasteiger partial charge is 0.329 e. The Bertz CT molecular complexity index is 1820. The van der Waals surface area contributed by atoms with Gasteiger partial charge in [-0.2, -0.15) is 0 Å². The minimum atomic E-state index is -2.44. The number of ether oxygens (including phenoxy) is 6. The third-order valence-corrected chi connectivity index (χ3v) is 14.6.